The summed E-state index contributed by atoms with van der Waals surface area (Å²) in [4.78, 5) is 22.3. The molecule has 3 heterocycles. The van der Waals surface area contributed by atoms with E-state index in [1.807, 2.05) is 48.6 Å². The third-order valence-corrected chi connectivity index (χ3v) is 5.46. The van der Waals surface area contributed by atoms with Crippen LogP contribution in [-0.4, -0.2) is 32.3 Å². The fourth-order valence-electron chi connectivity index (χ4n) is 3.40. The number of aliphatic imine (C=N–C) groups is 1. The zero-order chi connectivity index (χ0) is 21.8. The minimum Gasteiger partial charge on any atom is -0.350 e. The maximum atomic E-state index is 6.09. The number of halogens is 1. The van der Waals surface area contributed by atoms with Gasteiger partial charge in [0.05, 0.1) is 6.54 Å². The van der Waals surface area contributed by atoms with Crippen LogP contribution >= 0.6 is 11.6 Å². The van der Waals surface area contributed by atoms with E-state index in [2.05, 4.69) is 41.6 Å². The van der Waals surface area contributed by atoms with Gasteiger partial charge in [-0.05, 0) is 71.9 Å². The maximum Gasteiger partial charge on any atom is 0.233 e. The Balaban J connectivity index is 1.37. The third-order valence-electron chi connectivity index (χ3n) is 5.22. The van der Waals surface area contributed by atoms with Crippen molar-refractivity contribution in [2.45, 2.75) is 19.4 Å². The molecule has 2 aliphatic rings. The van der Waals surface area contributed by atoms with Crippen LogP contribution in [0.25, 0.3) is 12.2 Å². The lowest BCUT2D eigenvalue weighted by Crippen LogP contribution is -2.14. The lowest BCUT2D eigenvalue weighted by molar-refractivity contribution is 0.959. The molecule has 32 heavy (non-hydrogen) atoms. The van der Waals surface area contributed by atoms with Crippen molar-refractivity contribution in [3.8, 4) is 0 Å². The number of nitrogens with zero attached hydrogens (tertiary/aromatic N) is 5. The molecule has 0 bridgehead atoms. The van der Waals surface area contributed by atoms with E-state index in [-0.39, 0.29) is 0 Å². The van der Waals surface area contributed by atoms with E-state index < -0.39 is 0 Å². The summed E-state index contributed by atoms with van der Waals surface area (Å²) in [7, 11) is 0. The molecule has 5 rings (SSSR count). The first-order chi connectivity index (χ1) is 15.7. The minimum atomic E-state index is 0.454. The van der Waals surface area contributed by atoms with E-state index in [1.165, 1.54) is 18.4 Å². The quantitative estimate of drug-likeness (QED) is 0.542. The standard InChI is InChI=1S/C24H22ClN7/c25-20-3-1-2-16(12-20)4-7-21-29-23(28-14-17-8-10-26-11-9-17)32-24(30-21)31-22-13-19(15-27-22)18-5-6-18/h1-4,7-13,18H,5-6,14-15H2,(H2,27,28,29,30,31,32)/b7-4+. The SMILES string of the molecule is Clc1cccc(/C=C/c2nc(NCc3ccncc3)nc(NC3=NCC(C4CC4)=C3)n2)c1. The van der Waals surface area contributed by atoms with E-state index in [4.69, 9.17) is 11.6 Å². The van der Waals surface area contributed by atoms with E-state index in [0.717, 1.165) is 23.5 Å². The summed E-state index contributed by atoms with van der Waals surface area (Å²) in [5, 5.41) is 7.20. The van der Waals surface area contributed by atoms with Crippen LogP contribution in [0.2, 0.25) is 5.02 Å². The molecule has 1 aromatic carbocycles. The molecule has 2 aromatic heterocycles. The summed E-state index contributed by atoms with van der Waals surface area (Å²) in [5.41, 5.74) is 3.44. The average Bonchev–Trinajstić information content (AvgIpc) is 3.56. The zero-order valence-electron chi connectivity index (χ0n) is 17.4. The number of hydrogen-bond donors (Lipinski definition) is 2. The van der Waals surface area contributed by atoms with Crippen LogP contribution in [0.4, 0.5) is 11.9 Å². The van der Waals surface area contributed by atoms with Crippen LogP contribution in [0, 0.1) is 5.92 Å². The maximum absolute atomic E-state index is 6.09. The smallest absolute Gasteiger partial charge is 0.233 e. The summed E-state index contributed by atoms with van der Waals surface area (Å²) < 4.78 is 0. The monoisotopic (exact) mass is 443 g/mol. The number of hydrogen-bond acceptors (Lipinski definition) is 7. The second kappa shape index (κ2) is 9.28. The molecule has 0 radical (unpaired) electrons. The van der Waals surface area contributed by atoms with Crippen LogP contribution in [0.15, 0.2) is 65.4 Å². The second-order valence-corrected chi connectivity index (χ2v) is 8.19. The highest BCUT2D eigenvalue weighted by atomic mass is 35.5. The molecule has 1 fully saturated rings. The summed E-state index contributed by atoms with van der Waals surface area (Å²) in [6.45, 7) is 1.34. The molecule has 7 nitrogen and oxygen atoms in total. The predicted octanol–water partition coefficient (Wildman–Crippen LogP) is 4.86. The number of pyridine rings is 1. The normalized spacial score (nSPS) is 15.5. The van der Waals surface area contributed by atoms with Gasteiger partial charge in [-0.15, -0.1) is 0 Å². The minimum absolute atomic E-state index is 0.454. The molecular formula is C24H22ClN7. The fraction of sp³-hybridized carbons (Fsp3) is 0.208. The van der Waals surface area contributed by atoms with Crippen LogP contribution in [0.5, 0.6) is 0 Å². The predicted molar refractivity (Wildman–Crippen MR) is 129 cm³/mol. The van der Waals surface area contributed by atoms with Crippen LogP contribution in [0.3, 0.4) is 0 Å². The third kappa shape index (κ3) is 5.36. The van der Waals surface area contributed by atoms with Gasteiger partial charge in [-0.1, -0.05) is 29.8 Å². The van der Waals surface area contributed by atoms with Gasteiger partial charge < -0.3 is 10.6 Å². The molecule has 1 aliphatic heterocycles. The van der Waals surface area contributed by atoms with Crippen molar-refractivity contribution in [3.05, 3.63) is 82.4 Å². The van der Waals surface area contributed by atoms with Crippen molar-refractivity contribution in [2.75, 3.05) is 17.2 Å². The molecule has 0 amide bonds. The molecule has 8 heteroatoms. The van der Waals surface area contributed by atoms with Gasteiger partial charge in [0.1, 0.15) is 5.84 Å². The number of anilines is 2. The van der Waals surface area contributed by atoms with Gasteiger partial charge in [0.25, 0.3) is 0 Å². The van der Waals surface area contributed by atoms with Crippen LogP contribution in [-0.2, 0) is 6.54 Å². The Hall–Kier alpha value is -3.58. The lowest BCUT2D eigenvalue weighted by Gasteiger charge is -2.09. The molecule has 0 saturated heterocycles. The Morgan fingerprint density at radius 3 is 2.66 bits per heavy atom. The van der Waals surface area contributed by atoms with Crippen molar-refractivity contribution in [3.63, 3.8) is 0 Å². The van der Waals surface area contributed by atoms with Gasteiger partial charge in [0.15, 0.2) is 5.82 Å². The summed E-state index contributed by atoms with van der Waals surface area (Å²) >= 11 is 6.09. The molecule has 0 spiro atoms. The van der Waals surface area contributed by atoms with E-state index >= 15 is 0 Å². The average molecular weight is 444 g/mol. The molecule has 0 unspecified atom stereocenters. The molecular weight excluding hydrogens is 422 g/mol. The first-order valence-electron chi connectivity index (χ1n) is 10.6. The summed E-state index contributed by atoms with van der Waals surface area (Å²) in [6, 6.07) is 11.5. The van der Waals surface area contributed by atoms with Crippen molar-refractivity contribution < 1.29 is 0 Å². The number of rotatable bonds is 7. The zero-order valence-corrected chi connectivity index (χ0v) is 18.1. The topological polar surface area (TPSA) is 88.0 Å². The van der Waals surface area contributed by atoms with Crippen molar-refractivity contribution in [1.82, 2.24) is 19.9 Å². The van der Waals surface area contributed by atoms with Gasteiger partial charge >= 0.3 is 0 Å². The number of nitrogens with one attached hydrogen (secondary N) is 2. The summed E-state index contributed by atoms with van der Waals surface area (Å²) in [5.74, 6) is 2.96. The van der Waals surface area contributed by atoms with Gasteiger partial charge in [-0.3, -0.25) is 9.98 Å². The van der Waals surface area contributed by atoms with Crippen LogP contribution in [0.1, 0.15) is 29.8 Å². The Morgan fingerprint density at radius 2 is 1.84 bits per heavy atom. The van der Waals surface area contributed by atoms with Crippen molar-refractivity contribution in [2.24, 2.45) is 10.9 Å². The Morgan fingerprint density at radius 1 is 1.00 bits per heavy atom. The first kappa shape index (κ1) is 20.3. The Labute approximate surface area is 191 Å². The molecule has 160 valence electrons. The second-order valence-electron chi connectivity index (χ2n) is 7.76. The van der Waals surface area contributed by atoms with Gasteiger partial charge in [-0.2, -0.15) is 15.0 Å². The fourth-order valence-corrected chi connectivity index (χ4v) is 3.60. The molecule has 1 saturated carbocycles. The van der Waals surface area contributed by atoms with Crippen molar-refractivity contribution in [1.29, 1.82) is 0 Å². The van der Waals surface area contributed by atoms with Crippen molar-refractivity contribution >= 4 is 41.5 Å². The van der Waals surface area contributed by atoms with Crippen LogP contribution < -0.4 is 10.6 Å². The molecule has 3 aromatic rings. The van der Waals surface area contributed by atoms with Gasteiger partial charge in [-0.25, -0.2) is 0 Å². The molecule has 2 N–H and O–H groups in total. The highest BCUT2D eigenvalue weighted by Gasteiger charge is 2.28. The lowest BCUT2D eigenvalue weighted by atomic mass is 10.2. The Kier molecular flexibility index (Phi) is 5.89. The van der Waals surface area contributed by atoms with Gasteiger partial charge in [0, 0.05) is 24.0 Å². The summed E-state index contributed by atoms with van der Waals surface area (Å²) in [6.07, 6.45) is 11.9. The number of amidine groups is 1. The first-order valence-corrected chi connectivity index (χ1v) is 10.9. The van der Waals surface area contributed by atoms with E-state index in [0.29, 0.717) is 35.2 Å². The van der Waals surface area contributed by atoms with Gasteiger partial charge in [0.2, 0.25) is 11.9 Å². The Bertz CT molecular complexity index is 1200. The number of aromatic nitrogens is 4. The number of benzene rings is 1. The molecule has 0 atom stereocenters. The van der Waals surface area contributed by atoms with E-state index in [9.17, 15) is 0 Å². The van der Waals surface area contributed by atoms with E-state index in [1.54, 1.807) is 12.4 Å². The molecule has 1 aliphatic carbocycles. The highest BCUT2D eigenvalue weighted by Crippen LogP contribution is 2.37. The largest absolute Gasteiger partial charge is 0.350 e. The highest BCUT2D eigenvalue weighted by molar-refractivity contribution is 6.30.